The van der Waals surface area contributed by atoms with Crippen LogP contribution in [0.5, 0.6) is 0 Å². The zero-order valence-corrected chi connectivity index (χ0v) is 16.6. The summed E-state index contributed by atoms with van der Waals surface area (Å²) in [5.41, 5.74) is 1.84. The van der Waals surface area contributed by atoms with Crippen LogP contribution in [0.2, 0.25) is 0 Å². The zero-order valence-electron chi connectivity index (χ0n) is 16.6. The van der Waals surface area contributed by atoms with Crippen LogP contribution in [-0.2, 0) is 4.74 Å². The molecule has 0 aliphatic carbocycles. The van der Waals surface area contributed by atoms with Crippen LogP contribution in [-0.4, -0.2) is 47.2 Å². The quantitative estimate of drug-likeness (QED) is 0.553. The smallest absolute Gasteiger partial charge is 0.355 e. The number of Topliss-reactive ketones (excluding diaryl/α,β-unsaturated/α-hetero) is 1. The number of amides is 1. The highest BCUT2D eigenvalue weighted by Crippen LogP contribution is 2.20. The standard InChI is InChI=1S/C21H25FN2O4/c1-5-10-24(20(26)15-8-7-9-16(22)11-15)12-17(25)18-13(3)19(23-14(18)4)21(27)28-6-2/h7-9,11,23H,5-6,10,12H2,1-4H3. The Morgan fingerprint density at radius 3 is 2.50 bits per heavy atom. The van der Waals surface area contributed by atoms with Gasteiger partial charge in [0.05, 0.1) is 13.2 Å². The van der Waals surface area contributed by atoms with E-state index in [1.165, 1.54) is 23.1 Å². The van der Waals surface area contributed by atoms with Crippen LogP contribution in [0.15, 0.2) is 24.3 Å². The van der Waals surface area contributed by atoms with E-state index in [0.717, 1.165) is 6.07 Å². The van der Waals surface area contributed by atoms with Crippen LogP contribution in [0.4, 0.5) is 4.39 Å². The SMILES string of the molecule is CCCN(CC(=O)c1c(C)[nH]c(C(=O)OCC)c1C)C(=O)c1cccc(F)c1. The molecule has 0 aliphatic heterocycles. The molecule has 0 unspecified atom stereocenters. The normalized spacial score (nSPS) is 10.6. The second kappa shape index (κ2) is 9.30. The van der Waals surface area contributed by atoms with Gasteiger partial charge in [-0.3, -0.25) is 9.59 Å². The number of ether oxygens (including phenoxy) is 1. The highest BCUT2D eigenvalue weighted by atomic mass is 19.1. The molecule has 6 nitrogen and oxygen atoms in total. The molecule has 0 atom stereocenters. The molecule has 2 aromatic rings. The number of rotatable bonds is 8. The number of H-pyrrole nitrogens is 1. The molecule has 2 rings (SSSR count). The van der Waals surface area contributed by atoms with Gasteiger partial charge in [-0.2, -0.15) is 0 Å². The topological polar surface area (TPSA) is 79.5 Å². The van der Waals surface area contributed by atoms with Gasteiger partial charge < -0.3 is 14.6 Å². The number of carbonyl (C=O) groups excluding carboxylic acids is 3. The summed E-state index contributed by atoms with van der Waals surface area (Å²) in [5.74, 6) is -1.74. The lowest BCUT2D eigenvalue weighted by molar-refractivity contribution is 0.0519. The zero-order chi connectivity index (χ0) is 20.8. The number of aromatic nitrogens is 1. The van der Waals surface area contributed by atoms with E-state index >= 15 is 0 Å². The predicted molar refractivity (Wildman–Crippen MR) is 103 cm³/mol. The summed E-state index contributed by atoms with van der Waals surface area (Å²) in [4.78, 5) is 42.0. The van der Waals surface area contributed by atoms with Crippen molar-refractivity contribution in [2.45, 2.75) is 34.1 Å². The Morgan fingerprint density at radius 2 is 1.89 bits per heavy atom. The minimum absolute atomic E-state index is 0.162. The maximum Gasteiger partial charge on any atom is 0.355 e. The summed E-state index contributed by atoms with van der Waals surface area (Å²) in [7, 11) is 0. The molecule has 28 heavy (non-hydrogen) atoms. The van der Waals surface area contributed by atoms with Crippen LogP contribution in [0.3, 0.4) is 0 Å². The highest BCUT2D eigenvalue weighted by molar-refractivity contribution is 6.05. The van der Waals surface area contributed by atoms with E-state index < -0.39 is 17.7 Å². The molecule has 1 aromatic carbocycles. The number of nitrogens with one attached hydrogen (secondary N) is 1. The molecule has 1 amide bonds. The molecule has 0 bridgehead atoms. The lowest BCUT2D eigenvalue weighted by atomic mass is 10.0. The lowest BCUT2D eigenvalue weighted by Crippen LogP contribution is -2.36. The summed E-state index contributed by atoms with van der Waals surface area (Å²) in [6, 6.07) is 5.39. The van der Waals surface area contributed by atoms with E-state index in [2.05, 4.69) is 4.98 Å². The number of nitrogens with zero attached hydrogens (tertiary/aromatic N) is 1. The number of hydrogen-bond donors (Lipinski definition) is 1. The van der Waals surface area contributed by atoms with Crippen molar-refractivity contribution in [3.05, 3.63) is 58.2 Å². The summed E-state index contributed by atoms with van der Waals surface area (Å²) in [5, 5.41) is 0. The van der Waals surface area contributed by atoms with Gasteiger partial charge in [-0.15, -0.1) is 0 Å². The van der Waals surface area contributed by atoms with Crippen molar-refractivity contribution in [3.63, 3.8) is 0 Å². The minimum atomic E-state index is -0.525. The van der Waals surface area contributed by atoms with E-state index in [0.29, 0.717) is 29.8 Å². The van der Waals surface area contributed by atoms with E-state index in [9.17, 15) is 18.8 Å². The molecule has 150 valence electrons. The third kappa shape index (κ3) is 4.65. The molecular weight excluding hydrogens is 363 g/mol. The lowest BCUT2D eigenvalue weighted by Gasteiger charge is -2.21. The molecule has 1 aromatic heterocycles. The predicted octanol–water partition coefficient (Wildman–Crippen LogP) is 3.68. The van der Waals surface area contributed by atoms with Crippen LogP contribution in [0.1, 0.15) is 62.7 Å². The highest BCUT2D eigenvalue weighted by Gasteiger charge is 2.25. The first-order valence-electron chi connectivity index (χ1n) is 9.24. The van der Waals surface area contributed by atoms with Gasteiger partial charge in [0.15, 0.2) is 5.78 Å². The van der Waals surface area contributed by atoms with Crippen molar-refractivity contribution in [1.29, 1.82) is 0 Å². The largest absolute Gasteiger partial charge is 0.461 e. The summed E-state index contributed by atoms with van der Waals surface area (Å²) in [6.45, 7) is 7.38. The Bertz CT molecular complexity index is 889. The van der Waals surface area contributed by atoms with Gasteiger partial charge in [0.25, 0.3) is 5.91 Å². The van der Waals surface area contributed by atoms with E-state index in [4.69, 9.17) is 4.74 Å². The Labute approximate surface area is 163 Å². The van der Waals surface area contributed by atoms with E-state index in [1.54, 1.807) is 20.8 Å². The van der Waals surface area contributed by atoms with Gasteiger partial charge in [-0.25, -0.2) is 9.18 Å². The fraction of sp³-hybridized carbons (Fsp3) is 0.381. The van der Waals surface area contributed by atoms with E-state index in [-0.39, 0.29) is 30.2 Å². The summed E-state index contributed by atoms with van der Waals surface area (Å²) < 4.78 is 18.5. The second-order valence-corrected chi connectivity index (χ2v) is 6.51. The van der Waals surface area contributed by atoms with Crippen molar-refractivity contribution in [2.24, 2.45) is 0 Å². The number of ketones is 1. The first kappa shape index (κ1) is 21.3. The van der Waals surface area contributed by atoms with Gasteiger partial charge in [0.1, 0.15) is 11.5 Å². The number of benzene rings is 1. The monoisotopic (exact) mass is 388 g/mol. The van der Waals surface area contributed by atoms with Crippen LogP contribution in [0, 0.1) is 19.7 Å². The van der Waals surface area contributed by atoms with Crippen molar-refractivity contribution in [1.82, 2.24) is 9.88 Å². The van der Waals surface area contributed by atoms with Crippen LogP contribution in [0.25, 0.3) is 0 Å². The number of carbonyl (C=O) groups is 3. The third-order valence-electron chi connectivity index (χ3n) is 4.38. The Morgan fingerprint density at radius 1 is 1.18 bits per heavy atom. The van der Waals surface area contributed by atoms with Crippen molar-refractivity contribution in [3.8, 4) is 0 Å². The molecule has 0 radical (unpaired) electrons. The Kier molecular flexibility index (Phi) is 7.09. The first-order valence-corrected chi connectivity index (χ1v) is 9.24. The van der Waals surface area contributed by atoms with Crippen molar-refractivity contribution in [2.75, 3.05) is 19.7 Å². The summed E-state index contributed by atoms with van der Waals surface area (Å²) in [6.07, 6.45) is 0.646. The average molecular weight is 388 g/mol. The fourth-order valence-corrected chi connectivity index (χ4v) is 3.15. The average Bonchev–Trinajstić information content (AvgIpc) is 2.95. The molecule has 0 saturated carbocycles. The van der Waals surface area contributed by atoms with Crippen LogP contribution >= 0.6 is 0 Å². The molecule has 1 heterocycles. The molecule has 0 aliphatic rings. The number of esters is 1. The van der Waals surface area contributed by atoms with E-state index in [1.807, 2.05) is 6.92 Å². The maximum absolute atomic E-state index is 13.5. The second-order valence-electron chi connectivity index (χ2n) is 6.51. The Hall–Kier alpha value is -2.96. The van der Waals surface area contributed by atoms with Gasteiger partial charge in [-0.1, -0.05) is 13.0 Å². The molecule has 1 N–H and O–H groups in total. The first-order chi connectivity index (χ1) is 13.3. The fourth-order valence-electron chi connectivity index (χ4n) is 3.15. The van der Waals surface area contributed by atoms with Crippen molar-refractivity contribution < 1.29 is 23.5 Å². The Balaban J connectivity index is 2.27. The van der Waals surface area contributed by atoms with Crippen molar-refractivity contribution >= 4 is 17.7 Å². The minimum Gasteiger partial charge on any atom is -0.461 e. The molecule has 0 saturated heterocycles. The van der Waals surface area contributed by atoms with Crippen LogP contribution < -0.4 is 0 Å². The number of halogens is 1. The number of aromatic amines is 1. The third-order valence-corrected chi connectivity index (χ3v) is 4.38. The molecule has 0 spiro atoms. The van der Waals surface area contributed by atoms with Gasteiger partial charge >= 0.3 is 5.97 Å². The van der Waals surface area contributed by atoms with Gasteiger partial charge in [0, 0.05) is 23.4 Å². The maximum atomic E-state index is 13.5. The summed E-state index contributed by atoms with van der Waals surface area (Å²) >= 11 is 0. The van der Waals surface area contributed by atoms with Gasteiger partial charge in [0.2, 0.25) is 0 Å². The molecule has 7 heteroatoms. The number of hydrogen-bond acceptors (Lipinski definition) is 4. The number of aryl methyl sites for hydroxylation is 1. The van der Waals surface area contributed by atoms with Gasteiger partial charge in [-0.05, 0) is 51.0 Å². The molecule has 0 fully saturated rings. The molecular formula is C21H25FN2O4.